The molecule has 0 radical (unpaired) electrons. The number of benzene rings is 1. The summed E-state index contributed by atoms with van der Waals surface area (Å²) in [5.74, 6) is 0. The first-order chi connectivity index (χ1) is 16.6. The minimum Gasteiger partial charge on any atom is -0.465 e. The lowest BCUT2D eigenvalue weighted by molar-refractivity contribution is -0.141. The Morgan fingerprint density at radius 3 is 2.54 bits per heavy atom. The molecule has 1 amide bonds. The third-order valence-corrected chi connectivity index (χ3v) is 6.44. The molecule has 1 aromatic carbocycles. The predicted molar refractivity (Wildman–Crippen MR) is 122 cm³/mol. The van der Waals surface area contributed by atoms with Crippen LogP contribution in [-0.4, -0.2) is 48.9 Å². The predicted octanol–water partition coefficient (Wildman–Crippen LogP) is 4.09. The van der Waals surface area contributed by atoms with Gasteiger partial charge >= 0.3 is 12.3 Å². The Morgan fingerprint density at radius 1 is 1.09 bits per heavy atom. The molecule has 2 N–H and O–H groups in total. The van der Waals surface area contributed by atoms with Crippen LogP contribution in [0.5, 0.6) is 0 Å². The number of nitrogens with zero attached hydrogens (tertiary/aromatic N) is 4. The second-order valence-corrected chi connectivity index (χ2v) is 8.38. The van der Waals surface area contributed by atoms with E-state index in [4.69, 9.17) is 0 Å². The maximum atomic E-state index is 12.9. The van der Waals surface area contributed by atoms with Crippen molar-refractivity contribution in [2.45, 2.75) is 19.0 Å². The molecule has 0 saturated heterocycles. The first kappa shape index (κ1) is 22.6. The summed E-state index contributed by atoms with van der Waals surface area (Å²) in [5.41, 5.74) is 2.85. The lowest BCUT2D eigenvalue weighted by Crippen LogP contribution is -2.31. The number of rotatable bonds is 2. The van der Waals surface area contributed by atoms with Crippen molar-refractivity contribution in [2.75, 3.05) is 13.1 Å². The number of nitrogens with one attached hydrogen (secondary N) is 1. The maximum Gasteiger partial charge on any atom is 0.435 e. The van der Waals surface area contributed by atoms with Crippen molar-refractivity contribution in [3.8, 4) is 22.4 Å². The summed E-state index contributed by atoms with van der Waals surface area (Å²) < 4.78 is 40.7. The Kier molecular flexibility index (Phi) is 5.34. The van der Waals surface area contributed by atoms with Crippen LogP contribution in [0.25, 0.3) is 33.3 Å². The Bertz CT molecular complexity index is 1510. The van der Waals surface area contributed by atoms with E-state index < -0.39 is 23.5 Å². The van der Waals surface area contributed by atoms with Crippen LogP contribution in [0.3, 0.4) is 0 Å². The molecule has 8 nitrogen and oxygen atoms in total. The van der Waals surface area contributed by atoms with Crippen LogP contribution in [0.1, 0.15) is 17.0 Å². The molecule has 4 aromatic rings. The van der Waals surface area contributed by atoms with Gasteiger partial charge in [0.25, 0.3) is 5.56 Å². The zero-order chi connectivity index (χ0) is 24.9. The van der Waals surface area contributed by atoms with Crippen molar-refractivity contribution in [3.05, 3.63) is 69.9 Å². The molecule has 180 valence electrons. The number of pyridine rings is 1. The van der Waals surface area contributed by atoms with E-state index in [9.17, 15) is 27.9 Å². The van der Waals surface area contributed by atoms with Gasteiger partial charge in [-0.15, -0.1) is 10.2 Å². The quantitative estimate of drug-likeness (QED) is 0.447. The smallest absolute Gasteiger partial charge is 0.435 e. The van der Waals surface area contributed by atoms with Crippen LogP contribution in [0.15, 0.2) is 47.4 Å². The number of hydrogen-bond acceptors (Lipinski definition) is 4. The summed E-state index contributed by atoms with van der Waals surface area (Å²) in [4.78, 5) is 28.3. The van der Waals surface area contributed by atoms with Gasteiger partial charge in [-0.25, -0.2) is 4.79 Å². The molecule has 0 saturated carbocycles. The van der Waals surface area contributed by atoms with Gasteiger partial charge in [0.15, 0.2) is 5.69 Å². The number of carbonyl (C=O) groups is 1. The lowest BCUT2D eigenvalue weighted by Gasteiger charge is -2.16. The monoisotopic (exact) mass is 483 g/mol. The van der Waals surface area contributed by atoms with Crippen LogP contribution in [0, 0.1) is 0 Å². The van der Waals surface area contributed by atoms with E-state index in [0.29, 0.717) is 37.1 Å². The van der Waals surface area contributed by atoms with Gasteiger partial charge in [0.2, 0.25) is 0 Å². The third-order valence-electron chi connectivity index (χ3n) is 6.44. The van der Waals surface area contributed by atoms with Gasteiger partial charge in [-0.2, -0.15) is 13.2 Å². The van der Waals surface area contributed by atoms with E-state index in [1.165, 1.54) is 17.2 Å². The minimum atomic E-state index is -4.61. The third kappa shape index (κ3) is 3.92. The Hall–Kier alpha value is -4.15. The maximum absolute atomic E-state index is 12.9. The minimum absolute atomic E-state index is 0.149. The second-order valence-electron chi connectivity index (χ2n) is 8.38. The number of halogens is 3. The summed E-state index contributed by atoms with van der Waals surface area (Å²) in [5, 5.41) is 17.3. The number of aromatic amines is 1. The average Bonchev–Trinajstić information content (AvgIpc) is 2.96. The van der Waals surface area contributed by atoms with Crippen molar-refractivity contribution in [2.24, 2.45) is 7.05 Å². The van der Waals surface area contributed by atoms with Gasteiger partial charge in [0.1, 0.15) is 0 Å². The van der Waals surface area contributed by atoms with Crippen molar-refractivity contribution in [1.29, 1.82) is 0 Å². The zero-order valence-corrected chi connectivity index (χ0v) is 18.6. The molecule has 35 heavy (non-hydrogen) atoms. The second kappa shape index (κ2) is 8.26. The van der Waals surface area contributed by atoms with E-state index >= 15 is 0 Å². The molecule has 5 rings (SSSR count). The first-order valence-electron chi connectivity index (χ1n) is 10.9. The van der Waals surface area contributed by atoms with Crippen LogP contribution >= 0.6 is 0 Å². The molecule has 11 heteroatoms. The molecule has 3 aromatic heterocycles. The fourth-order valence-electron chi connectivity index (χ4n) is 4.72. The van der Waals surface area contributed by atoms with Crippen LogP contribution in [0.2, 0.25) is 0 Å². The highest BCUT2D eigenvalue weighted by molar-refractivity contribution is 5.92. The SMILES string of the molecule is Cn1c2c(c3ccc(-c4c(-c5ccc(C(F)(F)F)nn5)cc[nH]c4=O)cc31)CCN(C(=O)O)CC2. The molecule has 0 unspecified atom stereocenters. The average molecular weight is 483 g/mol. The standard InChI is InChI=1S/C24H20F3N5O3/c1-31-18-8-11-32(23(34)35)10-7-15(18)14-3-2-13(12-19(14)31)21-16(6-9-28-22(21)33)17-4-5-20(30-29-17)24(25,26)27/h2-6,9,12H,7-8,10-11H2,1H3,(H,28,33)(H,34,35). The van der Waals surface area contributed by atoms with E-state index in [2.05, 4.69) is 15.2 Å². The number of fused-ring (bicyclic) bond motifs is 3. The molecule has 1 aliphatic rings. The van der Waals surface area contributed by atoms with Gasteiger partial charge in [-0.3, -0.25) is 4.79 Å². The summed E-state index contributed by atoms with van der Waals surface area (Å²) in [6, 6.07) is 9.17. The van der Waals surface area contributed by atoms with Gasteiger partial charge in [0.05, 0.1) is 11.3 Å². The van der Waals surface area contributed by atoms with Gasteiger partial charge in [-0.05, 0) is 41.8 Å². The molecule has 0 bridgehead atoms. The molecular weight excluding hydrogens is 463 g/mol. The van der Waals surface area contributed by atoms with Crippen molar-refractivity contribution < 1.29 is 23.1 Å². The van der Waals surface area contributed by atoms with E-state index in [1.54, 1.807) is 12.1 Å². The Morgan fingerprint density at radius 2 is 1.86 bits per heavy atom. The number of amides is 1. The number of aryl methyl sites for hydroxylation is 1. The first-order valence-corrected chi connectivity index (χ1v) is 10.9. The van der Waals surface area contributed by atoms with Gasteiger partial charge < -0.3 is 19.6 Å². The number of carboxylic acid groups (broad SMARTS) is 1. The molecule has 0 atom stereocenters. The van der Waals surface area contributed by atoms with Gasteiger partial charge in [0, 0.05) is 54.9 Å². The Labute approximate surface area is 196 Å². The van der Waals surface area contributed by atoms with E-state index in [1.807, 2.05) is 23.7 Å². The molecule has 0 spiro atoms. The number of hydrogen-bond donors (Lipinski definition) is 2. The Balaban J connectivity index is 1.60. The normalized spacial score (nSPS) is 14.1. The molecule has 1 aliphatic heterocycles. The van der Waals surface area contributed by atoms with Crippen molar-refractivity contribution in [3.63, 3.8) is 0 Å². The summed E-state index contributed by atoms with van der Waals surface area (Å²) >= 11 is 0. The van der Waals surface area contributed by atoms with Crippen molar-refractivity contribution in [1.82, 2.24) is 24.6 Å². The van der Waals surface area contributed by atoms with Crippen LogP contribution < -0.4 is 5.56 Å². The topological polar surface area (TPSA) is 104 Å². The lowest BCUT2D eigenvalue weighted by atomic mass is 9.97. The molecule has 0 aliphatic carbocycles. The zero-order valence-electron chi connectivity index (χ0n) is 18.6. The summed E-state index contributed by atoms with van der Waals surface area (Å²) in [6.45, 7) is 0.798. The highest BCUT2D eigenvalue weighted by Gasteiger charge is 2.33. The highest BCUT2D eigenvalue weighted by atomic mass is 19.4. The highest BCUT2D eigenvalue weighted by Crippen LogP contribution is 2.34. The molecule has 4 heterocycles. The summed E-state index contributed by atoms with van der Waals surface area (Å²) in [7, 11) is 1.90. The molecular formula is C24H20F3N5O3. The van der Waals surface area contributed by atoms with Crippen molar-refractivity contribution >= 4 is 17.0 Å². The van der Waals surface area contributed by atoms with E-state index in [-0.39, 0.29) is 11.3 Å². The molecule has 0 fully saturated rings. The summed E-state index contributed by atoms with van der Waals surface area (Å²) in [6.07, 6.45) is -2.99. The fraction of sp³-hybridized carbons (Fsp3) is 0.250. The number of H-pyrrole nitrogens is 1. The number of aromatic nitrogens is 4. The van der Waals surface area contributed by atoms with Crippen LogP contribution in [0.4, 0.5) is 18.0 Å². The largest absolute Gasteiger partial charge is 0.465 e. The van der Waals surface area contributed by atoms with Gasteiger partial charge in [-0.1, -0.05) is 12.1 Å². The number of alkyl halides is 3. The fourth-order valence-corrected chi connectivity index (χ4v) is 4.72. The van der Waals surface area contributed by atoms with Crippen LogP contribution in [-0.2, 0) is 26.1 Å². The van der Waals surface area contributed by atoms with E-state index in [0.717, 1.165) is 28.2 Å².